The van der Waals surface area contributed by atoms with Crippen molar-refractivity contribution in [2.24, 2.45) is 5.73 Å². The van der Waals surface area contributed by atoms with E-state index >= 15 is 0 Å². The first kappa shape index (κ1) is 13.0. The largest absolute Gasteiger partial charge is 0.439 e. The minimum Gasteiger partial charge on any atom is -0.439 e. The predicted octanol–water partition coefficient (Wildman–Crippen LogP) is 2.03. The van der Waals surface area contributed by atoms with Gasteiger partial charge < -0.3 is 15.6 Å². The Morgan fingerprint density at radius 2 is 2.00 bits per heavy atom. The van der Waals surface area contributed by atoms with Gasteiger partial charge in [-0.2, -0.15) is 0 Å². The number of nitrogens with two attached hydrogens (primary N) is 1. The maximum atomic E-state index is 10.9. The lowest BCUT2D eigenvalue weighted by atomic mass is 10.2. The molecule has 2 aromatic rings. The Bertz CT molecular complexity index is 579. The lowest BCUT2D eigenvalue weighted by molar-refractivity contribution is 0.100. The van der Waals surface area contributed by atoms with E-state index < -0.39 is 12.0 Å². The lowest BCUT2D eigenvalue weighted by Crippen LogP contribution is -2.10. The number of aliphatic hydroxyl groups excluding tert-OH is 1. The second-order valence-electron chi connectivity index (χ2n) is 4.09. The fourth-order valence-electron chi connectivity index (χ4n) is 1.55. The van der Waals surface area contributed by atoms with E-state index in [1.807, 2.05) is 0 Å². The van der Waals surface area contributed by atoms with Gasteiger partial charge in [0.2, 0.25) is 11.8 Å². The lowest BCUT2D eigenvalue weighted by Gasteiger charge is -2.08. The summed E-state index contributed by atoms with van der Waals surface area (Å²) in [6.07, 6.45) is 0.984. The van der Waals surface area contributed by atoms with E-state index in [-0.39, 0.29) is 0 Å². The molecule has 0 saturated carbocycles. The number of rotatable bonds is 4. The molecular weight excluding hydrogens is 244 g/mol. The van der Waals surface area contributed by atoms with Crippen LogP contribution in [0, 0.1) is 0 Å². The fourth-order valence-corrected chi connectivity index (χ4v) is 1.55. The minimum atomic E-state index is -0.581. The molecular formula is C14H14N2O3. The van der Waals surface area contributed by atoms with Crippen LogP contribution in [0.3, 0.4) is 0 Å². The average Bonchev–Trinajstić information content (AvgIpc) is 2.39. The average molecular weight is 258 g/mol. The van der Waals surface area contributed by atoms with Crippen molar-refractivity contribution in [2.75, 3.05) is 0 Å². The summed E-state index contributed by atoms with van der Waals surface area (Å²) in [6, 6.07) is 9.81. The number of hydrogen-bond donors (Lipinski definition) is 2. The Kier molecular flexibility index (Phi) is 3.77. The van der Waals surface area contributed by atoms with E-state index in [2.05, 4.69) is 4.98 Å². The highest BCUT2D eigenvalue weighted by Gasteiger charge is 2.05. The molecule has 0 radical (unpaired) electrons. The molecule has 1 heterocycles. The third-order valence-electron chi connectivity index (χ3n) is 2.60. The fraction of sp³-hybridized carbons (Fsp3) is 0.143. The smallest absolute Gasteiger partial charge is 0.248 e. The number of hydrogen-bond acceptors (Lipinski definition) is 4. The topological polar surface area (TPSA) is 85.4 Å². The minimum absolute atomic E-state index is 0.380. The summed E-state index contributed by atoms with van der Waals surface area (Å²) in [5.41, 5.74) is 6.29. The molecule has 1 aromatic carbocycles. The van der Waals surface area contributed by atoms with Gasteiger partial charge in [-0.3, -0.25) is 4.79 Å². The zero-order chi connectivity index (χ0) is 13.8. The van der Waals surface area contributed by atoms with Gasteiger partial charge >= 0.3 is 0 Å². The Balaban J connectivity index is 2.16. The van der Waals surface area contributed by atoms with Crippen LogP contribution >= 0.6 is 0 Å². The summed E-state index contributed by atoms with van der Waals surface area (Å²) < 4.78 is 5.53. The van der Waals surface area contributed by atoms with Crippen molar-refractivity contribution in [1.29, 1.82) is 0 Å². The molecule has 0 spiro atoms. The first-order valence-electron chi connectivity index (χ1n) is 5.78. The molecule has 1 atom stereocenters. The van der Waals surface area contributed by atoms with Crippen LogP contribution in [0.1, 0.15) is 28.9 Å². The monoisotopic (exact) mass is 258 g/mol. The van der Waals surface area contributed by atoms with Crippen molar-refractivity contribution < 1.29 is 14.6 Å². The molecule has 0 fully saturated rings. The van der Waals surface area contributed by atoms with Crippen LogP contribution in [0.2, 0.25) is 0 Å². The van der Waals surface area contributed by atoms with Crippen LogP contribution in [-0.4, -0.2) is 16.0 Å². The first-order chi connectivity index (χ1) is 9.06. The molecule has 0 bridgehead atoms. The zero-order valence-electron chi connectivity index (χ0n) is 10.4. The summed E-state index contributed by atoms with van der Waals surface area (Å²) >= 11 is 0. The Labute approximate surface area is 110 Å². The van der Waals surface area contributed by atoms with Crippen LogP contribution in [0.15, 0.2) is 42.6 Å². The summed E-state index contributed by atoms with van der Waals surface area (Å²) in [6.45, 7) is 1.67. The third kappa shape index (κ3) is 3.29. The number of amides is 1. The summed E-state index contributed by atoms with van der Waals surface area (Å²) in [7, 11) is 0. The van der Waals surface area contributed by atoms with E-state index in [9.17, 15) is 9.90 Å². The van der Waals surface area contributed by atoms with Gasteiger partial charge in [0.05, 0.1) is 6.10 Å². The molecule has 2 rings (SSSR count). The normalized spacial score (nSPS) is 11.9. The van der Waals surface area contributed by atoms with Gasteiger partial charge in [0.1, 0.15) is 5.75 Å². The number of nitrogens with zero attached hydrogens (tertiary/aromatic N) is 1. The maximum Gasteiger partial charge on any atom is 0.248 e. The number of pyridine rings is 1. The van der Waals surface area contributed by atoms with Crippen molar-refractivity contribution in [2.45, 2.75) is 13.0 Å². The molecule has 98 valence electrons. The van der Waals surface area contributed by atoms with Crippen molar-refractivity contribution in [1.82, 2.24) is 4.98 Å². The molecule has 0 aliphatic carbocycles. The van der Waals surface area contributed by atoms with Gasteiger partial charge in [0.15, 0.2) is 0 Å². The van der Waals surface area contributed by atoms with Crippen LogP contribution in [0.4, 0.5) is 0 Å². The van der Waals surface area contributed by atoms with Crippen LogP contribution in [-0.2, 0) is 0 Å². The van der Waals surface area contributed by atoms with Crippen molar-refractivity contribution in [3.8, 4) is 11.6 Å². The van der Waals surface area contributed by atoms with Gasteiger partial charge in [-0.25, -0.2) is 4.98 Å². The van der Waals surface area contributed by atoms with Gasteiger partial charge in [-0.1, -0.05) is 0 Å². The number of aliphatic hydroxyl groups is 1. The molecule has 3 N–H and O–H groups in total. The number of carbonyl (C=O) groups is 1. The number of aromatic nitrogens is 1. The standard InChI is InChI=1S/C14H14N2O3/c1-9(17)11-6-7-16-13(8-11)19-12-4-2-10(3-5-12)14(15)18/h2-9,17H,1H3,(H2,15,18). The Morgan fingerprint density at radius 3 is 2.58 bits per heavy atom. The van der Waals surface area contributed by atoms with Gasteiger partial charge in [-0.15, -0.1) is 0 Å². The molecule has 1 unspecified atom stereocenters. The van der Waals surface area contributed by atoms with Crippen molar-refractivity contribution in [3.63, 3.8) is 0 Å². The zero-order valence-corrected chi connectivity index (χ0v) is 10.4. The van der Waals surface area contributed by atoms with Gasteiger partial charge in [0.25, 0.3) is 0 Å². The molecule has 0 saturated heterocycles. The van der Waals surface area contributed by atoms with Crippen molar-refractivity contribution in [3.05, 3.63) is 53.7 Å². The molecule has 5 nitrogen and oxygen atoms in total. The SMILES string of the molecule is CC(O)c1ccnc(Oc2ccc(C(N)=O)cc2)c1. The van der Waals surface area contributed by atoms with Gasteiger partial charge in [-0.05, 0) is 42.8 Å². The maximum absolute atomic E-state index is 10.9. The molecule has 0 aliphatic heterocycles. The molecule has 19 heavy (non-hydrogen) atoms. The van der Waals surface area contributed by atoms with E-state index in [0.29, 0.717) is 17.2 Å². The van der Waals surface area contributed by atoms with E-state index in [4.69, 9.17) is 10.5 Å². The van der Waals surface area contributed by atoms with Crippen LogP contribution in [0.25, 0.3) is 0 Å². The highest BCUT2D eigenvalue weighted by atomic mass is 16.5. The summed E-state index contributed by atoms with van der Waals surface area (Å²) in [5.74, 6) is 0.436. The van der Waals surface area contributed by atoms with Gasteiger partial charge in [0, 0.05) is 17.8 Å². The molecule has 0 aliphatic rings. The number of carbonyl (C=O) groups excluding carboxylic acids is 1. The number of benzene rings is 1. The Morgan fingerprint density at radius 1 is 1.32 bits per heavy atom. The second kappa shape index (κ2) is 5.49. The number of primary amides is 1. The first-order valence-corrected chi connectivity index (χ1v) is 5.78. The summed E-state index contributed by atoms with van der Waals surface area (Å²) in [5, 5.41) is 9.48. The highest BCUT2D eigenvalue weighted by Crippen LogP contribution is 2.22. The number of ether oxygens (including phenoxy) is 1. The third-order valence-corrected chi connectivity index (χ3v) is 2.60. The molecule has 1 aromatic heterocycles. The van der Waals surface area contributed by atoms with Crippen molar-refractivity contribution >= 4 is 5.91 Å². The predicted molar refractivity (Wildman–Crippen MR) is 69.9 cm³/mol. The Hall–Kier alpha value is -2.40. The van der Waals surface area contributed by atoms with Crippen LogP contribution < -0.4 is 10.5 Å². The second-order valence-corrected chi connectivity index (χ2v) is 4.09. The van der Waals surface area contributed by atoms with Crippen LogP contribution in [0.5, 0.6) is 11.6 Å². The van der Waals surface area contributed by atoms with E-state index in [1.54, 1.807) is 49.5 Å². The highest BCUT2D eigenvalue weighted by molar-refractivity contribution is 5.92. The van der Waals surface area contributed by atoms with E-state index in [0.717, 1.165) is 5.56 Å². The molecule has 5 heteroatoms. The molecule has 1 amide bonds. The quantitative estimate of drug-likeness (QED) is 0.878. The van der Waals surface area contributed by atoms with E-state index in [1.165, 1.54) is 0 Å². The summed E-state index contributed by atoms with van der Waals surface area (Å²) in [4.78, 5) is 15.0.